The molecule has 0 spiro atoms. The molecule has 1 atom stereocenters. The Bertz CT molecular complexity index is 872. The first-order valence-corrected chi connectivity index (χ1v) is 9.97. The molecule has 0 heterocycles. The van der Waals surface area contributed by atoms with Crippen molar-refractivity contribution in [2.45, 2.75) is 37.3 Å². The zero-order valence-electron chi connectivity index (χ0n) is 15.8. The number of carbonyl (C=O) groups is 1. The summed E-state index contributed by atoms with van der Waals surface area (Å²) in [6.45, 7) is 5.80. The molecule has 7 nitrogen and oxygen atoms in total. The summed E-state index contributed by atoms with van der Waals surface area (Å²) in [7, 11) is 0. The van der Waals surface area contributed by atoms with Crippen molar-refractivity contribution in [1.82, 2.24) is 10.9 Å². The molecule has 148 valence electrons. The molecule has 1 amide bonds. The van der Waals surface area contributed by atoms with E-state index in [1.165, 1.54) is 23.9 Å². The SMILES string of the molecule is CCc1cccc(C)c1NC(=S)NNC(=O)[C@H](C)Sc1ccc([N+](=O)[O-])cc1. The minimum absolute atomic E-state index is 0.0159. The number of para-hydroxylation sites is 1. The van der Waals surface area contributed by atoms with Crippen molar-refractivity contribution in [2.75, 3.05) is 5.32 Å². The number of hydrazine groups is 1. The summed E-state index contributed by atoms with van der Waals surface area (Å²) in [5.41, 5.74) is 8.46. The smallest absolute Gasteiger partial charge is 0.269 e. The third kappa shape index (κ3) is 5.93. The number of carbonyl (C=O) groups excluding carboxylic acids is 1. The van der Waals surface area contributed by atoms with Gasteiger partial charge in [0, 0.05) is 22.7 Å². The van der Waals surface area contributed by atoms with Crippen LogP contribution in [0.1, 0.15) is 25.0 Å². The Morgan fingerprint density at radius 3 is 2.50 bits per heavy atom. The summed E-state index contributed by atoms with van der Waals surface area (Å²) < 4.78 is 0. The summed E-state index contributed by atoms with van der Waals surface area (Å²) in [5, 5.41) is 13.7. The maximum Gasteiger partial charge on any atom is 0.269 e. The second kappa shape index (κ2) is 10.0. The van der Waals surface area contributed by atoms with Gasteiger partial charge in [0.2, 0.25) is 0 Å². The number of hydrogen-bond acceptors (Lipinski definition) is 5. The summed E-state index contributed by atoms with van der Waals surface area (Å²) in [4.78, 5) is 23.3. The molecule has 2 aromatic rings. The monoisotopic (exact) mass is 418 g/mol. The normalized spacial score (nSPS) is 11.4. The molecule has 0 unspecified atom stereocenters. The predicted octanol–water partition coefficient (Wildman–Crippen LogP) is 3.96. The van der Waals surface area contributed by atoms with Crippen molar-refractivity contribution in [2.24, 2.45) is 0 Å². The molecule has 0 aliphatic heterocycles. The zero-order valence-corrected chi connectivity index (χ0v) is 17.4. The van der Waals surface area contributed by atoms with E-state index in [2.05, 4.69) is 23.1 Å². The Morgan fingerprint density at radius 1 is 1.21 bits per heavy atom. The average molecular weight is 419 g/mol. The number of hydrogen-bond donors (Lipinski definition) is 3. The van der Waals surface area contributed by atoms with E-state index in [1.807, 2.05) is 25.1 Å². The highest BCUT2D eigenvalue weighted by Gasteiger charge is 2.15. The van der Waals surface area contributed by atoms with E-state index in [1.54, 1.807) is 19.1 Å². The molecule has 0 fully saturated rings. The number of aryl methyl sites for hydroxylation is 2. The molecule has 0 aliphatic rings. The molecular formula is C19H22N4O3S2. The summed E-state index contributed by atoms with van der Waals surface area (Å²) in [6.07, 6.45) is 0.863. The van der Waals surface area contributed by atoms with Crippen LogP contribution in [-0.4, -0.2) is 21.2 Å². The molecule has 0 saturated carbocycles. The third-order valence-electron chi connectivity index (χ3n) is 4.01. The summed E-state index contributed by atoms with van der Waals surface area (Å²) in [6, 6.07) is 12.1. The standard InChI is InChI=1S/C19H22N4O3S2/c1-4-14-7-5-6-12(2)17(14)20-19(27)22-21-18(24)13(3)28-16-10-8-15(9-11-16)23(25)26/h5-11,13H,4H2,1-3H3,(H,21,24)(H2,20,22,27)/t13-/m0/s1. The number of benzene rings is 2. The van der Waals surface area contributed by atoms with Crippen LogP contribution >= 0.6 is 24.0 Å². The Kier molecular flexibility index (Phi) is 7.77. The number of non-ortho nitro benzene ring substituents is 1. The van der Waals surface area contributed by atoms with Crippen molar-refractivity contribution in [3.05, 3.63) is 63.7 Å². The van der Waals surface area contributed by atoms with Gasteiger partial charge in [0.25, 0.3) is 11.6 Å². The van der Waals surface area contributed by atoms with Crippen LogP contribution in [-0.2, 0) is 11.2 Å². The number of anilines is 1. The first-order chi connectivity index (χ1) is 13.3. The van der Waals surface area contributed by atoms with E-state index in [9.17, 15) is 14.9 Å². The van der Waals surface area contributed by atoms with E-state index < -0.39 is 10.2 Å². The van der Waals surface area contributed by atoms with Gasteiger partial charge in [0.1, 0.15) is 0 Å². The number of nitro groups is 1. The molecule has 9 heteroatoms. The molecule has 2 rings (SSSR count). The predicted molar refractivity (Wildman–Crippen MR) is 116 cm³/mol. The Morgan fingerprint density at radius 2 is 1.89 bits per heavy atom. The molecule has 0 aromatic heterocycles. The molecule has 0 radical (unpaired) electrons. The van der Waals surface area contributed by atoms with Crippen LogP contribution in [0.15, 0.2) is 47.4 Å². The quantitative estimate of drug-likeness (QED) is 0.283. The minimum atomic E-state index is -0.457. The second-order valence-corrected chi connectivity index (χ2v) is 7.86. The van der Waals surface area contributed by atoms with Crippen molar-refractivity contribution in [3.63, 3.8) is 0 Å². The fourth-order valence-electron chi connectivity index (χ4n) is 2.47. The second-order valence-electron chi connectivity index (χ2n) is 6.04. The Hall–Kier alpha value is -2.65. The average Bonchev–Trinajstić information content (AvgIpc) is 2.68. The van der Waals surface area contributed by atoms with Gasteiger partial charge in [-0.25, -0.2) is 0 Å². The fourth-order valence-corrected chi connectivity index (χ4v) is 3.49. The first-order valence-electron chi connectivity index (χ1n) is 8.68. The molecule has 0 bridgehead atoms. The van der Waals surface area contributed by atoms with Gasteiger partial charge in [-0.3, -0.25) is 25.8 Å². The van der Waals surface area contributed by atoms with E-state index >= 15 is 0 Å². The molecular weight excluding hydrogens is 396 g/mol. The molecule has 0 saturated heterocycles. The van der Waals surface area contributed by atoms with E-state index in [0.29, 0.717) is 5.11 Å². The van der Waals surface area contributed by atoms with Gasteiger partial charge in [0.05, 0.1) is 10.2 Å². The van der Waals surface area contributed by atoms with Gasteiger partial charge in [0.15, 0.2) is 5.11 Å². The number of thioether (sulfide) groups is 1. The molecule has 3 N–H and O–H groups in total. The van der Waals surface area contributed by atoms with Crippen molar-refractivity contribution in [1.29, 1.82) is 0 Å². The number of nitro benzene ring substituents is 1. The number of amides is 1. The first kappa shape index (κ1) is 21.6. The van der Waals surface area contributed by atoms with Crippen LogP contribution in [0.25, 0.3) is 0 Å². The highest BCUT2D eigenvalue weighted by molar-refractivity contribution is 8.00. The lowest BCUT2D eigenvalue weighted by Crippen LogP contribution is -2.46. The van der Waals surface area contributed by atoms with Crippen molar-refractivity contribution < 1.29 is 9.72 Å². The highest BCUT2D eigenvalue weighted by Crippen LogP contribution is 2.25. The maximum atomic E-state index is 12.3. The van der Waals surface area contributed by atoms with Crippen LogP contribution in [0.4, 0.5) is 11.4 Å². The van der Waals surface area contributed by atoms with Crippen LogP contribution in [0, 0.1) is 17.0 Å². The summed E-state index contributed by atoms with van der Waals surface area (Å²) in [5.74, 6) is -0.256. The Balaban J connectivity index is 1.87. The van der Waals surface area contributed by atoms with E-state index in [-0.39, 0.29) is 11.6 Å². The van der Waals surface area contributed by atoms with Gasteiger partial charge < -0.3 is 5.32 Å². The Labute approximate surface area is 173 Å². The third-order valence-corrected chi connectivity index (χ3v) is 5.32. The number of nitrogens with one attached hydrogen (secondary N) is 3. The van der Waals surface area contributed by atoms with Gasteiger partial charge in [-0.2, -0.15) is 0 Å². The number of rotatable bonds is 6. The molecule has 2 aromatic carbocycles. The molecule has 28 heavy (non-hydrogen) atoms. The van der Waals surface area contributed by atoms with Crippen LogP contribution < -0.4 is 16.2 Å². The van der Waals surface area contributed by atoms with E-state index in [4.69, 9.17) is 12.2 Å². The number of thiocarbonyl (C=S) groups is 1. The lowest BCUT2D eigenvalue weighted by Gasteiger charge is -2.17. The topological polar surface area (TPSA) is 96.3 Å². The summed E-state index contributed by atoms with van der Waals surface area (Å²) >= 11 is 6.57. The van der Waals surface area contributed by atoms with Gasteiger partial charge in [-0.05, 0) is 55.7 Å². The van der Waals surface area contributed by atoms with Crippen molar-refractivity contribution >= 4 is 46.4 Å². The van der Waals surface area contributed by atoms with Gasteiger partial charge in [-0.15, -0.1) is 11.8 Å². The van der Waals surface area contributed by atoms with E-state index in [0.717, 1.165) is 28.1 Å². The number of nitrogens with zero attached hydrogens (tertiary/aromatic N) is 1. The highest BCUT2D eigenvalue weighted by atomic mass is 32.2. The fraction of sp³-hybridized carbons (Fsp3) is 0.263. The lowest BCUT2D eigenvalue weighted by molar-refractivity contribution is -0.384. The van der Waals surface area contributed by atoms with Crippen LogP contribution in [0.3, 0.4) is 0 Å². The zero-order chi connectivity index (χ0) is 20.7. The maximum absolute atomic E-state index is 12.3. The van der Waals surface area contributed by atoms with Crippen LogP contribution in [0.2, 0.25) is 0 Å². The van der Waals surface area contributed by atoms with Gasteiger partial charge in [-0.1, -0.05) is 25.1 Å². The molecule has 0 aliphatic carbocycles. The van der Waals surface area contributed by atoms with Crippen molar-refractivity contribution in [3.8, 4) is 0 Å². The lowest BCUT2D eigenvalue weighted by atomic mass is 10.1. The van der Waals surface area contributed by atoms with Gasteiger partial charge >= 0.3 is 0 Å². The minimum Gasteiger partial charge on any atom is -0.331 e. The van der Waals surface area contributed by atoms with Crippen LogP contribution in [0.5, 0.6) is 0 Å². The largest absolute Gasteiger partial charge is 0.331 e.